The van der Waals surface area contributed by atoms with Gasteiger partial charge in [0.25, 0.3) is 12.2 Å². The van der Waals surface area contributed by atoms with Crippen LogP contribution < -0.4 is 5.32 Å². The smallest absolute Gasteiger partial charge is 0.296 e. The van der Waals surface area contributed by atoms with Crippen molar-refractivity contribution in [2.24, 2.45) is 0 Å². The van der Waals surface area contributed by atoms with Crippen molar-refractivity contribution >= 4 is 23.8 Å². The van der Waals surface area contributed by atoms with Gasteiger partial charge in [-0.15, -0.1) is 11.6 Å². The van der Waals surface area contributed by atoms with E-state index in [1.54, 1.807) is 0 Å². The molecule has 1 amide bonds. The second-order valence-electron chi connectivity index (χ2n) is 1.05. The zero-order valence-corrected chi connectivity index (χ0v) is 4.86. The van der Waals surface area contributed by atoms with E-state index in [1.807, 2.05) is 0 Å². The number of halogens is 1. The van der Waals surface area contributed by atoms with Crippen LogP contribution in [0.4, 0.5) is 0 Å². The minimum absolute atomic E-state index is 0.313. The van der Waals surface area contributed by atoms with Gasteiger partial charge >= 0.3 is 0 Å². The molecule has 3 nitrogen and oxygen atoms in total. The van der Waals surface area contributed by atoms with Crippen molar-refractivity contribution in [2.75, 3.05) is 12.4 Å². The lowest BCUT2D eigenvalue weighted by Gasteiger charge is -1.90. The average molecular weight is 135 g/mol. The quantitative estimate of drug-likeness (QED) is 0.416. The molecule has 1 radical (unpaired) electrons. The predicted molar refractivity (Wildman–Crippen MR) is 29.4 cm³/mol. The lowest BCUT2D eigenvalue weighted by molar-refractivity contribution is -0.114. The molecule has 4 heteroatoms. The number of carbonyl (C=O) groups excluding carboxylic acids is 2. The van der Waals surface area contributed by atoms with Crippen LogP contribution in [-0.2, 0) is 9.59 Å². The lowest BCUT2D eigenvalue weighted by Crippen LogP contribution is -2.25. The molecule has 0 saturated carbocycles. The molecular weight excluding hydrogens is 130 g/mol. The number of hydrogen-bond donors (Lipinski definition) is 1. The number of amides is 1. The summed E-state index contributed by atoms with van der Waals surface area (Å²) < 4.78 is 0. The topological polar surface area (TPSA) is 46.2 Å². The molecule has 8 heavy (non-hydrogen) atoms. The Hall–Kier alpha value is -0.570. The van der Waals surface area contributed by atoms with Gasteiger partial charge < -0.3 is 5.32 Å². The Morgan fingerprint density at radius 2 is 2.38 bits per heavy atom. The van der Waals surface area contributed by atoms with Crippen LogP contribution in [-0.4, -0.2) is 24.6 Å². The second kappa shape index (κ2) is 4.59. The van der Waals surface area contributed by atoms with Crippen LogP contribution in [0.15, 0.2) is 0 Å². The molecule has 0 saturated heterocycles. The van der Waals surface area contributed by atoms with Crippen molar-refractivity contribution in [3.63, 3.8) is 0 Å². The fraction of sp³-hybridized carbons (Fsp3) is 0.500. The molecular formula is C4H5ClNO2. The van der Waals surface area contributed by atoms with Crippen molar-refractivity contribution in [3.05, 3.63) is 0 Å². The Morgan fingerprint density at radius 3 is 2.75 bits per heavy atom. The zero-order chi connectivity index (χ0) is 6.41. The summed E-state index contributed by atoms with van der Waals surface area (Å²) in [6, 6.07) is 0. The molecule has 0 aromatic heterocycles. The molecule has 0 aliphatic heterocycles. The number of nitrogens with one attached hydrogen (secondary N) is 1. The van der Waals surface area contributed by atoms with E-state index in [9.17, 15) is 9.59 Å². The van der Waals surface area contributed by atoms with Crippen molar-refractivity contribution in [2.45, 2.75) is 0 Å². The molecule has 0 aliphatic carbocycles. The first kappa shape index (κ1) is 7.43. The predicted octanol–water partition coefficient (Wildman–Crippen LogP) is -0.549. The summed E-state index contributed by atoms with van der Waals surface area (Å²) in [5.41, 5.74) is 0. The zero-order valence-electron chi connectivity index (χ0n) is 4.11. The molecule has 0 bridgehead atoms. The first-order valence-corrected chi connectivity index (χ1v) is 2.56. The minimum atomic E-state index is -0.745. The summed E-state index contributed by atoms with van der Waals surface area (Å²) in [7, 11) is 0. The van der Waals surface area contributed by atoms with Gasteiger partial charge in [-0.25, -0.2) is 0 Å². The molecule has 0 spiro atoms. The third-order valence-electron chi connectivity index (χ3n) is 0.473. The van der Waals surface area contributed by atoms with E-state index in [1.165, 1.54) is 0 Å². The molecule has 0 fully saturated rings. The van der Waals surface area contributed by atoms with Crippen LogP contribution in [0, 0.1) is 0 Å². The third kappa shape index (κ3) is 3.61. The number of alkyl halides is 1. The Morgan fingerprint density at radius 1 is 1.75 bits per heavy atom. The fourth-order valence-corrected chi connectivity index (χ4v) is 0.291. The van der Waals surface area contributed by atoms with E-state index in [-0.39, 0.29) is 0 Å². The minimum Gasteiger partial charge on any atom is -0.348 e. The first-order chi connectivity index (χ1) is 3.81. The van der Waals surface area contributed by atoms with E-state index < -0.39 is 5.91 Å². The number of hydrogen-bond acceptors (Lipinski definition) is 2. The van der Waals surface area contributed by atoms with Crippen LogP contribution in [0.3, 0.4) is 0 Å². The Labute approximate surface area is 52.0 Å². The van der Waals surface area contributed by atoms with Gasteiger partial charge in [-0.3, -0.25) is 9.59 Å². The van der Waals surface area contributed by atoms with Gasteiger partial charge in [0.05, 0.1) is 0 Å². The normalized spacial score (nSPS) is 8.12. The summed E-state index contributed by atoms with van der Waals surface area (Å²) in [6.45, 7) is 0.315. The summed E-state index contributed by atoms with van der Waals surface area (Å²) in [4.78, 5) is 19.4. The maximum atomic E-state index is 9.98. The van der Waals surface area contributed by atoms with Crippen molar-refractivity contribution in [3.8, 4) is 0 Å². The Kier molecular flexibility index (Phi) is 4.26. The van der Waals surface area contributed by atoms with Crippen LogP contribution in [0.5, 0.6) is 0 Å². The highest BCUT2D eigenvalue weighted by atomic mass is 35.5. The van der Waals surface area contributed by atoms with Gasteiger partial charge in [0.15, 0.2) is 0 Å². The number of rotatable bonds is 3. The van der Waals surface area contributed by atoms with Gasteiger partial charge in [-0.1, -0.05) is 0 Å². The van der Waals surface area contributed by atoms with E-state index in [0.717, 1.165) is 6.29 Å². The van der Waals surface area contributed by atoms with Gasteiger partial charge in [-0.2, -0.15) is 0 Å². The van der Waals surface area contributed by atoms with Gasteiger partial charge in [-0.05, 0) is 0 Å². The standard InChI is InChI=1S/C4H5ClNO2/c5-1-2-6-4(8)3-7/h1-2H2,(H,6,8). The molecule has 0 aromatic carbocycles. The van der Waals surface area contributed by atoms with Crippen molar-refractivity contribution in [1.29, 1.82) is 0 Å². The highest BCUT2D eigenvalue weighted by Crippen LogP contribution is 1.67. The summed E-state index contributed by atoms with van der Waals surface area (Å²) in [5, 5.41) is 2.19. The summed E-state index contributed by atoms with van der Waals surface area (Å²) in [5.74, 6) is -0.432. The Balaban J connectivity index is 3.11. The average Bonchev–Trinajstić information content (AvgIpc) is 1.83. The molecule has 0 aliphatic rings. The summed E-state index contributed by atoms with van der Waals surface area (Å²) in [6.07, 6.45) is 1.14. The second-order valence-corrected chi connectivity index (χ2v) is 1.42. The van der Waals surface area contributed by atoms with Crippen molar-refractivity contribution in [1.82, 2.24) is 5.32 Å². The molecule has 1 N–H and O–H groups in total. The van der Waals surface area contributed by atoms with E-state index in [4.69, 9.17) is 11.6 Å². The molecule has 0 unspecified atom stereocenters. The van der Waals surface area contributed by atoms with Crippen LogP contribution in [0.2, 0.25) is 0 Å². The maximum absolute atomic E-state index is 9.98. The molecule has 0 aromatic rings. The van der Waals surface area contributed by atoms with E-state index >= 15 is 0 Å². The maximum Gasteiger partial charge on any atom is 0.296 e. The third-order valence-corrected chi connectivity index (χ3v) is 0.662. The summed E-state index contributed by atoms with van der Waals surface area (Å²) >= 11 is 5.16. The monoisotopic (exact) mass is 134 g/mol. The lowest BCUT2D eigenvalue weighted by atomic mass is 10.6. The highest BCUT2D eigenvalue weighted by Gasteiger charge is 1.93. The van der Waals surface area contributed by atoms with E-state index in [2.05, 4.69) is 5.32 Å². The molecule has 0 heterocycles. The molecule has 0 rings (SSSR count). The largest absolute Gasteiger partial charge is 0.348 e. The Bertz CT molecular complexity index is 94.0. The van der Waals surface area contributed by atoms with Gasteiger partial charge in [0.2, 0.25) is 0 Å². The number of carbonyl (C=O) groups is 1. The fourth-order valence-electron chi connectivity index (χ4n) is 0.197. The van der Waals surface area contributed by atoms with Crippen LogP contribution >= 0.6 is 11.6 Å². The van der Waals surface area contributed by atoms with Gasteiger partial charge in [0, 0.05) is 12.4 Å². The first-order valence-electron chi connectivity index (χ1n) is 2.03. The molecule has 0 atom stereocenters. The highest BCUT2D eigenvalue weighted by molar-refractivity contribution is 6.24. The van der Waals surface area contributed by atoms with Crippen LogP contribution in [0.25, 0.3) is 0 Å². The van der Waals surface area contributed by atoms with Crippen molar-refractivity contribution < 1.29 is 9.59 Å². The molecule has 45 valence electrons. The van der Waals surface area contributed by atoms with E-state index in [0.29, 0.717) is 12.4 Å². The SMILES string of the molecule is O=[C]C(=O)NCCCl. The van der Waals surface area contributed by atoms with Crippen LogP contribution in [0.1, 0.15) is 0 Å². The van der Waals surface area contributed by atoms with Gasteiger partial charge in [0.1, 0.15) is 0 Å².